The highest BCUT2D eigenvalue weighted by Crippen LogP contribution is 2.37. The Morgan fingerprint density at radius 1 is 1.09 bits per heavy atom. The minimum absolute atomic E-state index is 0.231. The summed E-state index contributed by atoms with van der Waals surface area (Å²) in [5.41, 5.74) is 1.87. The molecule has 0 atom stereocenters. The Kier molecular flexibility index (Phi) is 9.82. The Morgan fingerprint density at radius 3 is 2.56 bits per heavy atom. The van der Waals surface area contributed by atoms with Crippen LogP contribution in [-0.4, -0.2) is 48.4 Å². The molecule has 1 saturated heterocycles. The molecule has 0 saturated carbocycles. The van der Waals surface area contributed by atoms with Crippen LogP contribution in [0.4, 0.5) is 4.79 Å². The quantitative estimate of drug-likeness (QED) is 0.198. The van der Waals surface area contributed by atoms with E-state index in [4.69, 9.17) is 14.2 Å². The summed E-state index contributed by atoms with van der Waals surface area (Å²) in [4.78, 5) is 38.7. The third-order valence-electron chi connectivity index (χ3n) is 4.83. The summed E-state index contributed by atoms with van der Waals surface area (Å²) in [6.07, 6.45) is 3.18. The fourth-order valence-corrected chi connectivity index (χ4v) is 4.98. The molecule has 2 amide bonds. The van der Waals surface area contributed by atoms with Crippen LogP contribution in [0.15, 0.2) is 47.4 Å². The molecule has 0 unspecified atom stereocenters. The van der Waals surface area contributed by atoms with Gasteiger partial charge in [-0.25, -0.2) is 4.79 Å². The molecule has 2 aromatic rings. The molecule has 0 bridgehead atoms. The summed E-state index contributed by atoms with van der Waals surface area (Å²) in [5, 5.41) is -0.265. The van der Waals surface area contributed by atoms with Gasteiger partial charge in [-0.05, 0) is 90.4 Å². The van der Waals surface area contributed by atoms with Crippen LogP contribution >= 0.6 is 34.4 Å². The van der Waals surface area contributed by atoms with Gasteiger partial charge in [0.1, 0.15) is 0 Å². The van der Waals surface area contributed by atoms with Crippen LogP contribution in [-0.2, 0) is 20.7 Å². The number of halogens is 1. The number of thioether (sulfide) groups is 1. The largest absolute Gasteiger partial charge is 0.490 e. The Labute approximate surface area is 217 Å². The normalized spacial score (nSPS) is 14.6. The van der Waals surface area contributed by atoms with E-state index in [1.807, 2.05) is 43.3 Å². The first-order valence-corrected chi connectivity index (χ1v) is 12.9. The van der Waals surface area contributed by atoms with E-state index in [1.54, 1.807) is 19.1 Å². The lowest BCUT2D eigenvalue weighted by atomic mass is 10.1. The molecule has 9 heteroatoms. The summed E-state index contributed by atoms with van der Waals surface area (Å²) in [6, 6.07) is 13.5. The molecular weight excluding hydrogens is 569 g/mol. The second-order valence-corrected chi connectivity index (χ2v) is 9.43. The van der Waals surface area contributed by atoms with Crippen LogP contribution in [0.2, 0.25) is 0 Å². The summed E-state index contributed by atoms with van der Waals surface area (Å²) in [6.45, 7) is 4.39. The van der Waals surface area contributed by atoms with Gasteiger partial charge in [-0.15, -0.1) is 0 Å². The summed E-state index contributed by atoms with van der Waals surface area (Å²) >= 11 is 3.02. The number of benzene rings is 2. The summed E-state index contributed by atoms with van der Waals surface area (Å²) < 4.78 is 16.9. The molecule has 1 aliphatic rings. The maximum absolute atomic E-state index is 12.9. The highest BCUT2D eigenvalue weighted by molar-refractivity contribution is 14.1. The second kappa shape index (κ2) is 12.8. The van der Waals surface area contributed by atoms with Gasteiger partial charge in [0.05, 0.1) is 21.7 Å². The van der Waals surface area contributed by atoms with Crippen molar-refractivity contribution in [3.8, 4) is 11.5 Å². The highest BCUT2D eigenvalue weighted by Gasteiger charge is 2.34. The SMILES string of the molecule is CCOC(=O)COc1c(I)cc(/C=C2/SC(=O)N(CCCc3ccccc3)C2=O)cc1OCC. The Morgan fingerprint density at radius 2 is 1.85 bits per heavy atom. The maximum Gasteiger partial charge on any atom is 0.344 e. The maximum atomic E-state index is 12.9. The van der Waals surface area contributed by atoms with Gasteiger partial charge in [0.25, 0.3) is 11.1 Å². The number of imide groups is 1. The molecule has 0 aromatic heterocycles. The molecule has 0 N–H and O–H groups in total. The van der Waals surface area contributed by atoms with Crippen LogP contribution in [0.1, 0.15) is 31.4 Å². The van der Waals surface area contributed by atoms with Crippen molar-refractivity contribution < 1.29 is 28.6 Å². The van der Waals surface area contributed by atoms with E-state index in [2.05, 4.69) is 22.6 Å². The van der Waals surface area contributed by atoms with Gasteiger partial charge in [-0.1, -0.05) is 30.3 Å². The Bertz CT molecular complexity index is 1070. The number of nitrogens with zero attached hydrogens (tertiary/aromatic N) is 1. The molecule has 1 aliphatic heterocycles. The predicted octanol–water partition coefficient (Wildman–Crippen LogP) is 5.30. The molecule has 34 heavy (non-hydrogen) atoms. The molecule has 0 radical (unpaired) electrons. The fraction of sp³-hybridized carbons (Fsp3) is 0.320. The molecule has 1 fully saturated rings. The minimum Gasteiger partial charge on any atom is -0.490 e. The van der Waals surface area contributed by atoms with Crippen molar-refractivity contribution in [2.45, 2.75) is 26.7 Å². The number of hydrogen-bond donors (Lipinski definition) is 0. The number of hydrogen-bond acceptors (Lipinski definition) is 7. The van der Waals surface area contributed by atoms with E-state index in [9.17, 15) is 14.4 Å². The smallest absolute Gasteiger partial charge is 0.344 e. The number of rotatable bonds is 11. The van der Waals surface area contributed by atoms with Crippen LogP contribution in [0.25, 0.3) is 6.08 Å². The first-order chi connectivity index (χ1) is 16.4. The average molecular weight is 595 g/mol. The number of esters is 1. The standard InChI is InChI=1S/C25H26INO6S/c1-3-31-20-14-18(13-19(26)23(20)33-16-22(28)32-4-2)15-21-24(29)27(25(30)34-21)12-8-11-17-9-6-5-7-10-17/h5-7,9-10,13-15H,3-4,8,11-12,16H2,1-2H3/b21-15+. The van der Waals surface area contributed by atoms with Gasteiger partial charge < -0.3 is 14.2 Å². The lowest BCUT2D eigenvalue weighted by Crippen LogP contribution is -2.29. The topological polar surface area (TPSA) is 82.1 Å². The van der Waals surface area contributed by atoms with Gasteiger partial charge >= 0.3 is 5.97 Å². The molecular formula is C25H26INO6S. The first-order valence-electron chi connectivity index (χ1n) is 11.0. The van der Waals surface area contributed by atoms with Crippen LogP contribution in [0.5, 0.6) is 11.5 Å². The zero-order chi connectivity index (χ0) is 24.5. The minimum atomic E-state index is -0.467. The Hall–Kier alpha value is -2.53. The zero-order valence-electron chi connectivity index (χ0n) is 19.0. The average Bonchev–Trinajstić information content (AvgIpc) is 3.07. The van der Waals surface area contributed by atoms with Crippen molar-refractivity contribution in [1.29, 1.82) is 0 Å². The first kappa shape index (κ1) is 26.1. The van der Waals surface area contributed by atoms with E-state index in [1.165, 1.54) is 10.5 Å². The van der Waals surface area contributed by atoms with E-state index < -0.39 is 5.97 Å². The van der Waals surface area contributed by atoms with Crippen LogP contribution < -0.4 is 9.47 Å². The lowest BCUT2D eigenvalue weighted by molar-refractivity contribution is -0.145. The molecule has 2 aromatic carbocycles. The number of carbonyl (C=O) groups excluding carboxylic acids is 3. The fourth-order valence-electron chi connectivity index (χ4n) is 3.34. The van der Waals surface area contributed by atoms with Gasteiger partial charge in [0, 0.05) is 6.54 Å². The van der Waals surface area contributed by atoms with Gasteiger partial charge in [-0.3, -0.25) is 14.5 Å². The molecule has 1 heterocycles. The van der Waals surface area contributed by atoms with Crippen molar-refractivity contribution in [2.24, 2.45) is 0 Å². The number of aryl methyl sites for hydroxylation is 1. The zero-order valence-corrected chi connectivity index (χ0v) is 22.0. The van der Waals surface area contributed by atoms with E-state index in [-0.39, 0.29) is 24.4 Å². The second-order valence-electron chi connectivity index (χ2n) is 7.28. The number of amides is 2. The summed E-state index contributed by atoms with van der Waals surface area (Å²) in [7, 11) is 0. The number of carbonyl (C=O) groups is 3. The van der Waals surface area contributed by atoms with E-state index in [0.717, 1.165) is 18.2 Å². The third-order valence-corrected chi connectivity index (χ3v) is 6.54. The molecule has 0 aliphatic carbocycles. The Balaban J connectivity index is 1.71. The van der Waals surface area contributed by atoms with Crippen molar-refractivity contribution in [3.63, 3.8) is 0 Å². The van der Waals surface area contributed by atoms with E-state index >= 15 is 0 Å². The van der Waals surface area contributed by atoms with Gasteiger partial charge in [-0.2, -0.15) is 0 Å². The van der Waals surface area contributed by atoms with Crippen LogP contribution in [0.3, 0.4) is 0 Å². The van der Waals surface area contributed by atoms with Crippen molar-refractivity contribution in [3.05, 3.63) is 62.1 Å². The van der Waals surface area contributed by atoms with Crippen molar-refractivity contribution in [2.75, 3.05) is 26.4 Å². The molecule has 0 spiro atoms. The van der Waals surface area contributed by atoms with Gasteiger partial charge in [0.15, 0.2) is 18.1 Å². The van der Waals surface area contributed by atoms with Crippen LogP contribution in [0, 0.1) is 3.57 Å². The lowest BCUT2D eigenvalue weighted by Gasteiger charge is -2.14. The third kappa shape index (κ3) is 6.99. The predicted molar refractivity (Wildman–Crippen MR) is 140 cm³/mol. The monoisotopic (exact) mass is 595 g/mol. The van der Waals surface area contributed by atoms with Crippen molar-refractivity contribution >= 4 is 57.5 Å². The van der Waals surface area contributed by atoms with E-state index in [0.29, 0.717) is 45.1 Å². The molecule has 180 valence electrons. The molecule has 3 rings (SSSR count). The summed E-state index contributed by atoms with van der Waals surface area (Å²) in [5.74, 6) is 0.123. The van der Waals surface area contributed by atoms with Crippen molar-refractivity contribution in [1.82, 2.24) is 4.90 Å². The number of ether oxygens (including phenoxy) is 3. The molecule has 7 nitrogen and oxygen atoms in total. The van der Waals surface area contributed by atoms with Gasteiger partial charge in [0.2, 0.25) is 0 Å². The highest BCUT2D eigenvalue weighted by atomic mass is 127.